The molecule has 1 aliphatic heterocycles. The lowest BCUT2D eigenvalue weighted by Crippen LogP contribution is -2.41. The fourth-order valence-corrected chi connectivity index (χ4v) is 2.66. The van der Waals surface area contributed by atoms with Gasteiger partial charge in [0.2, 0.25) is 0 Å². The molecule has 0 saturated heterocycles. The van der Waals surface area contributed by atoms with E-state index in [1.165, 1.54) is 5.56 Å². The molecule has 2 atom stereocenters. The molecule has 2 unspecified atom stereocenters. The molecule has 0 fully saturated rings. The highest BCUT2D eigenvalue weighted by molar-refractivity contribution is 5.38. The van der Waals surface area contributed by atoms with E-state index in [-0.39, 0.29) is 6.10 Å². The molecule has 1 heterocycles. The largest absolute Gasteiger partial charge is 0.493 e. The van der Waals surface area contributed by atoms with Gasteiger partial charge >= 0.3 is 0 Å². The Morgan fingerprint density at radius 3 is 2.89 bits per heavy atom. The topological polar surface area (TPSA) is 30.5 Å². The first-order chi connectivity index (χ1) is 9.22. The number of nitrogens with one attached hydrogen (secondary N) is 1. The first-order valence-electron chi connectivity index (χ1n) is 7.29. The van der Waals surface area contributed by atoms with E-state index in [1.54, 1.807) is 0 Å². The van der Waals surface area contributed by atoms with Crippen LogP contribution in [0.1, 0.15) is 38.7 Å². The van der Waals surface area contributed by atoms with Crippen molar-refractivity contribution < 1.29 is 9.47 Å². The Morgan fingerprint density at radius 1 is 1.37 bits per heavy atom. The van der Waals surface area contributed by atoms with Gasteiger partial charge in [0.1, 0.15) is 5.75 Å². The molecule has 1 aliphatic rings. The molecule has 0 aliphatic carbocycles. The number of benzene rings is 1. The quantitative estimate of drug-likeness (QED) is 0.856. The van der Waals surface area contributed by atoms with Crippen molar-refractivity contribution in [2.45, 2.75) is 45.3 Å². The molecule has 2 rings (SSSR count). The Kier molecular flexibility index (Phi) is 5.23. The molecule has 0 aromatic heterocycles. The summed E-state index contributed by atoms with van der Waals surface area (Å²) in [6, 6.07) is 8.73. The van der Waals surface area contributed by atoms with Crippen molar-refractivity contribution in [3.05, 3.63) is 29.8 Å². The van der Waals surface area contributed by atoms with E-state index < -0.39 is 0 Å². The summed E-state index contributed by atoms with van der Waals surface area (Å²) in [6.45, 7) is 8.83. The van der Waals surface area contributed by atoms with Crippen LogP contribution in [0.2, 0.25) is 0 Å². The van der Waals surface area contributed by atoms with E-state index in [9.17, 15) is 0 Å². The predicted molar refractivity (Wildman–Crippen MR) is 77.8 cm³/mol. The molecule has 0 saturated carbocycles. The van der Waals surface area contributed by atoms with Crippen LogP contribution in [-0.4, -0.2) is 31.9 Å². The van der Waals surface area contributed by atoms with Crippen LogP contribution < -0.4 is 10.1 Å². The Balaban J connectivity index is 2.13. The number of para-hydroxylation sites is 1. The SMILES string of the molecule is CCNC(COC(C)C)C1CCOc2ccccc21. The van der Waals surface area contributed by atoms with E-state index in [1.807, 2.05) is 6.07 Å². The van der Waals surface area contributed by atoms with Crippen LogP contribution in [0, 0.1) is 0 Å². The van der Waals surface area contributed by atoms with E-state index in [0.717, 1.165) is 31.9 Å². The van der Waals surface area contributed by atoms with Crippen LogP contribution in [0.15, 0.2) is 24.3 Å². The first kappa shape index (κ1) is 14.4. The number of hydrogen-bond donors (Lipinski definition) is 1. The maximum Gasteiger partial charge on any atom is 0.122 e. The normalized spacial score (nSPS) is 19.9. The molecule has 1 N–H and O–H groups in total. The van der Waals surface area contributed by atoms with Crippen molar-refractivity contribution in [1.82, 2.24) is 5.32 Å². The van der Waals surface area contributed by atoms with Crippen LogP contribution in [-0.2, 0) is 4.74 Å². The Bertz CT molecular complexity index is 392. The average molecular weight is 263 g/mol. The van der Waals surface area contributed by atoms with Crippen molar-refractivity contribution >= 4 is 0 Å². The fraction of sp³-hybridized carbons (Fsp3) is 0.625. The Labute approximate surface area is 116 Å². The highest BCUT2D eigenvalue weighted by Crippen LogP contribution is 2.35. The summed E-state index contributed by atoms with van der Waals surface area (Å²) in [5.74, 6) is 1.51. The van der Waals surface area contributed by atoms with Gasteiger partial charge in [0.25, 0.3) is 0 Å². The monoisotopic (exact) mass is 263 g/mol. The van der Waals surface area contributed by atoms with Gasteiger partial charge in [0, 0.05) is 12.0 Å². The second-order valence-corrected chi connectivity index (χ2v) is 5.33. The summed E-state index contributed by atoms with van der Waals surface area (Å²) in [7, 11) is 0. The number of likely N-dealkylation sites (N-methyl/N-ethyl adjacent to an activating group) is 1. The van der Waals surface area contributed by atoms with Crippen LogP contribution in [0.25, 0.3) is 0 Å². The zero-order valence-corrected chi connectivity index (χ0v) is 12.2. The highest BCUT2D eigenvalue weighted by Gasteiger charge is 2.28. The van der Waals surface area contributed by atoms with Gasteiger partial charge in [-0.25, -0.2) is 0 Å². The van der Waals surface area contributed by atoms with Crippen molar-refractivity contribution in [2.75, 3.05) is 19.8 Å². The van der Waals surface area contributed by atoms with E-state index in [0.29, 0.717) is 12.0 Å². The third kappa shape index (κ3) is 3.71. The maximum atomic E-state index is 5.82. The number of hydrogen-bond acceptors (Lipinski definition) is 3. The predicted octanol–water partition coefficient (Wildman–Crippen LogP) is 2.96. The summed E-state index contributed by atoms with van der Waals surface area (Å²) in [5.41, 5.74) is 1.31. The molecule has 1 aromatic rings. The fourth-order valence-electron chi connectivity index (χ4n) is 2.66. The van der Waals surface area contributed by atoms with Gasteiger partial charge in [0.15, 0.2) is 0 Å². The average Bonchev–Trinajstić information content (AvgIpc) is 2.43. The van der Waals surface area contributed by atoms with Crippen molar-refractivity contribution in [3.8, 4) is 5.75 Å². The Hall–Kier alpha value is -1.06. The number of rotatable bonds is 6. The van der Waals surface area contributed by atoms with E-state index in [4.69, 9.17) is 9.47 Å². The summed E-state index contributed by atoms with van der Waals surface area (Å²) < 4.78 is 11.6. The van der Waals surface area contributed by atoms with Gasteiger partial charge in [-0.1, -0.05) is 25.1 Å². The second-order valence-electron chi connectivity index (χ2n) is 5.33. The highest BCUT2D eigenvalue weighted by atomic mass is 16.5. The molecule has 106 valence electrons. The molecule has 3 heteroatoms. The van der Waals surface area contributed by atoms with Gasteiger partial charge in [-0.3, -0.25) is 0 Å². The Morgan fingerprint density at radius 2 is 2.16 bits per heavy atom. The lowest BCUT2D eigenvalue weighted by atomic mass is 9.87. The van der Waals surface area contributed by atoms with Gasteiger partial charge in [-0.05, 0) is 38.4 Å². The summed E-state index contributed by atoms with van der Waals surface area (Å²) in [4.78, 5) is 0. The van der Waals surface area contributed by atoms with Gasteiger partial charge in [-0.15, -0.1) is 0 Å². The summed E-state index contributed by atoms with van der Waals surface area (Å²) in [5, 5.41) is 3.57. The van der Waals surface area contributed by atoms with Gasteiger partial charge in [0.05, 0.1) is 19.3 Å². The maximum absolute atomic E-state index is 5.82. The lowest BCUT2D eigenvalue weighted by Gasteiger charge is -2.33. The number of ether oxygens (including phenoxy) is 2. The summed E-state index contributed by atoms with van der Waals surface area (Å²) >= 11 is 0. The molecule has 0 amide bonds. The van der Waals surface area contributed by atoms with Crippen molar-refractivity contribution in [3.63, 3.8) is 0 Å². The minimum atomic E-state index is 0.274. The third-order valence-corrected chi connectivity index (χ3v) is 3.57. The van der Waals surface area contributed by atoms with E-state index in [2.05, 4.69) is 44.3 Å². The van der Waals surface area contributed by atoms with Crippen LogP contribution in [0.3, 0.4) is 0 Å². The van der Waals surface area contributed by atoms with Crippen molar-refractivity contribution in [1.29, 1.82) is 0 Å². The van der Waals surface area contributed by atoms with Crippen molar-refractivity contribution in [2.24, 2.45) is 0 Å². The molecule has 0 spiro atoms. The standard InChI is InChI=1S/C16H25NO2/c1-4-17-15(11-19-12(2)3)13-9-10-18-16-8-6-5-7-14(13)16/h5-8,12-13,15,17H,4,9-11H2,1-3H3. The smallest absolute Gasteiger partial charge is 0.122 e. The molecule has 0 bridgehead atoms. The zero-order chi connectivity index (χ0) is 13.7. The zero-order valence-electron chi connectivity index (χ0n) is 12.2. The van der Waals surface area contributed by atoms with E-state index >= 15 is 0 Å². The van der Waals surface area contributed by atoms with Gasteiger partial charge in [-0.2, -0.15) is 0 Å². The first-order valence-corrected chi connectivity index (χ1v) is 7.29. The lowest BCUT2D eigenvalue weighted by molar-refractivity contribution is 0.0521. The molecule has 0 radical (unpaired) electrons. The minimum absolute atomic E-state index is 0.274. The number of fused-ring (bicyclic) bond motifs is 1. The molecular formula is C16H25NO2. The summed E-state index contributed by atoms with van der Waals surface area (Å²) in [6.07, 6.45) is 1.33. The molecular weight excluding hydrogens is 238 g/mol. The molecule has 1 aromatic carbocycles. The van der Waals surface area contributed by atoms with Crippen LogP contribution in [0.5, 0.6) is 5.75 Å². The molecule has 19 heavy (non-hydrogen) atoms. The third-order valence-electron chi connectivity index (χ3n) is 3.57. The van der Waals surface area contributed by atoms with Crippen LogP contribution >= 0.6 is 0 Å². The minimum Gasteiger partial charge on any atom is -0.493 e. The molecule has 3 nitrogen and oxygen atoms in total. The second kappa shape index (κ2) is 6.92. The van der Waals surface area contributed by atoms with Crippen LogP contribution in [0.4, 0.5) is 0 Å². The van der Waals surface area contributed by atoms with Gasteiger partial charge < -0.3 is 14.8 Å².